The van der Waals surface area contributed by atoms with Crippen molar-refractivity contribution < 1.29 is 0 Å². The predicted octanol–water partition coefficient (Wildman–Crippen LogP) is 3.66. The van der Waals surface area contributed by atoms with E-state index in [0.717, 1.165) is 30.0 Å². The second-order valence-electron chi connectivity index (χ2n) is 5.53. The van der Waals surface area contributed by atoms with Gasteiger partial charge in [0.15, 0.2) is 17.3 Å². The van der Waals surface area contributed by atoms with Gasteiger partial charge in [-0.05, 0) is 31.4 Å². The minimum Gasteiger partial charge on any atom is -0.355 e. The Morgan fingerprint density at radius 3 is 2.77 bits per heavy atom. The summed E-state index contributed by atoms with van der Waals surface area (Å²) in [6.45, 7) is 2.06. The lowest BCUT2D eigenvalue weighted by Gasteiger charge is -2.28. The fourth-order valence-corrected chi connectivity index (χ4v) is 3.10. The van der Waals surface area contributed by atoms with Crippen LogP contribution in [0, 0.1) is 0 Å². The van der Waals surface area contributed by atoms with Gasteiger partial charge in [0, 0.05) is 23.7 Å². The van der Waals surface area contributed by atoms with Crippen LogP contribution < -0.4 is 4.90 Å². The highest BCUT2D eigenvalue weighted by Gasteiger charge is 2.19. The Kier molecular flexibility index (Phi) is 3.42. The van der Waals surface area contributed by atoms with Crippen LogP contribution in [0.2, 0.25) is 5.02 Å². The van der Waals surface area contributed by atoms with E-state index in [-0.39, 0.29) is 0 Å². The summed E-state index contributed by atoms with van der Waals surface area (Å²) in [5.74, 6) is 1.61. The van der Waals surface area contributed by atoms with Crippen molar-refractivity contribution in [1.29, 1.82) is 0 Å². The van der Waals surface area contributed by atoms with Gasteiger partial charge < -0.3 is 9.88 Å². The number of aromatic amines is 1. The third-order valence-electron chi connectivity index (χ3n) is 4.00. The van der Waals surface area contributed by atoms with E-state index in [2.05, 4.69) is 19.9 Å². The van der Waals surface area contributed by atoms with Gasteiger partial charge in [0.05, 0.1) is 6.33 Å². The molecule has 0 radical (unpaired) electrons. The number of aromatic nitrogens is 4. The Labute approximate surface area is 133 Å². The number of hydrogen-bond acceptors (Lipinski definition) is 4. The summed E-state index contributed by atoms with van der Waals surface area (Å²) in [4.78, 5) is 19.2. The Balaban J connectivity index is 1.86. The molecule has 0 atom stereocenters. The van der Waals surface area contributed by atoms with Crippen molar-refractivity contribution in [2.75, 3.05) is 18.0 Å². The first-order valence-electron chi connectivity index (χ1n) is 7.53. The van der Waals surface area contributed by atoms with Crippen molar-refractivity contribution in [3.05, 3.63) is 35.6 Å². The summed E-state index contributed by atoms with van der Waals surface area (Å²) < 4.78 is 0. The van der Waals surface area contributed by atoms with Crippen LogP contribution in [0.3, 0.4) is 0 Å². The van der Waals surface area contributed by atoms with Crippen LogP contribution in [-0.2, 0) is 0 Å². The molecule has 0 spiro atoms. The number of imidazole rings is 1. The van der Waals surface area contributed by atoms with E-state index in [9.17, 15) is 0 Å². The second kappa shape index (κ2) is 5.57. The van der Waals surface area contributed by atoms with Crippen molar-refractivity contribution in [3.8, 4) is 11.4 Å². The third-order valence-corrected chi connectivity index (χ3v) is 4.24. The van der Waals surface area contributed by atoms with Crippen molar-refractivity contribution in [3.63, 3.8) is 0 Å². The zero-order valence-corrected chi connectivity index (χ0v) is 12.8. The highest BCUT2D eigenvalue weighted by molar-refractivity contribution is 6.30. The summed E-state index contributed by atoms with van der Waals surface area (Å²) in [7, 11) is 0. The molecule has 2 aromatic heterocycles. The smallest absolute Gasteiger partial charge is 0.183 e. The maximum absolute atomic E-state index is 6.09. The first-order valence-corrected chi connectivity index (χ1v) is 7.91. The lowest BCUT2D eigenvalue weighted by Crippen LogP contribution is -2.30. The number of rotatable bonds is 2. The van der Waals surface area contributed by atoms with Gasteiger partial charge in [-0.3, -0.25) is 0 Å². The molecule has 1 N–H and O–H groups in total. The second-order valence-corrected chi connectivity index (χ2v) is 5.97. The van der Waals surface area contributed by atoms with Gasteiger partial charge in [-0.2, -0.15) is 0 Å². The summed E-state index contributed by atoms with van der Waals surface area (Å²) in [6, 6.07) is 7.62. The minimum atomic E-state index is 0.669. The first kappa shape index (κ1) is 13.5. The Morgan fingerprint density at radius 1 is 1.09 bits per heavy atom. The minimum absolute atomic E-state index is 0.669. The molecule has 4 rings (SSSR count). The molecule has 3 aromatic rings. The lowest BCUT2D eigenvalue weighted by molar-refractivity contribution is 0.574. The highest BCUT2D eigenvalue weighted by atomic mass is 35.5. The third kappa shape index (κ3) is 2.41. The molecule has 1 aliphatic heterocycles. The van der Waals surface area contributed by atoms with Gasteiger partial charge >= 0.3 is 0 Å². The average molecular weight is 314 g/mol. The van der Waals surface area contributed by atoms with Crippen LogP contribution in [0.1, 0.15) is 19.3 Å². The number of nitrogens with one attached hydrogen (secondary N) is 1. The molecule has 0 amide bonds. The molecule has 5 nitrogen and oxygen atoms in total. The topological polar surface area (TPSA) is 57.7 Å². The number of nitrogens with zero attached hydrogens (tertiary/aromatic N) is 4. The molecule has 1 saturated heterocycles. The van der Waals surface area contributed by atoms with E-state index in [0.29, 0.717) is 16.5 Å². The molecule has 6 heteroatoms. The van der Waals surface area contributed by atoms with Gasteiger partial charge in [0.2, 0.25) is 0 Å². The van der Waals surface area contributed by atoms with Crippen LogP contribution in [0.5, 0.6) is 0 Å². The van der Waals surface area contributed by atoms with Crippen LogP contribution in [0.15, 0.2) is 30.6 Å². The molecule has 0 unspecified atom stereocenters. The molecular formula is C16H16ClN5. The maximum Gasteiger partial charge on any atom is 0.183 e. The van der Waals surface area contributed by atoms with Gasteiger partial charge in [-0.1, -0.05) is 23.7 Å². The Bertz CT molecular complexity index is 807. The summed E-state index contributed by atoms with van der Waals surface area (Å²) in [6.07, 6.45) is 5.36. The first-order chi connectivity index (χ1) is 10.8. The van der Waals surface area contributed by atoms with Gasteiger partial charge in [0.25, 0.3) is 0 Å². The normalized spacial score (nSPS) is 15.4. The molecule has 0 bridgehead atoms. The van der Waals surface area contributed by atoms with Crippen LogP contribution in [0.4, 0.5) is 5.82 Å². The van der Waals surface area contributed by atoms with Crippen LogP contribution in [-0.4, -0.2) is 33.0 Å². The maximum atomic E-state index is 6.09. The fraction of sp³-hybridized carbons (Fsp3) is 0.312. The van der Waals surface area contributed by atoms with E-state index < -0.39 is 0 Å². The molecule has 0 saturated carbocycles. The number of halogens is 1. The van der Waals surface area contributed by atoms with Gasteiger partial charge in [0.1, 0.15) is 5.52 Å². The van der Waals surface area contributed by atoms with Crippen molar-refractivity contribution in [2.45, 2.75) is 19.3 Å². The standard InChI is InChI=1S/C16H16ClN5/c17-12-6-4-5-11(9-12)14-20-15-13(18-10-19-15)16(21-14)22-7-2-1-3-8-22/h4-6,9-10H,1-3,7-8H2,(H,18,19,20,21). The highest BCUT2D eigenvalue weighted by Crippen LogP contribution is 2.28. The summed E-state index contributed by atoms with van der Waals surface area (Å²) >= 11 is 6.09. The molecule has 1 aromatic carbocycles. The van der Waals surface area contributed by atoms with Crippen molar-refractivity contribution >= 4 is 28.6 Å². The van der Waals surface area contributed by atoms with E-state index in [1.165, 1.54) is 19.3 Å². The van der Waals surface area contributed by atoms with E-state index in [1.54, 1.807) is 6.33 Å². The molecule has 22 heavy (non-hydrogen) atoms. The Hall–Kier alpha value is -2.14. The van der Waals surface area contributed by atoms with Gasteiger partial charge in [-0.15, -0.1) is 0 Å². The fourth-order valence-electron chi connectivity index (χ4n) is 2.91. The summed E-state index contributed by atoms with van der Waals surface area (Å²) in [5, 5.41) is 0.683. The van der Waals surface area contributed by atoms with E-state index in [1.807, 2.05) is 24.3 Å². The van der Waals surface area contributed by atoms with Crippen LogP contribution in [0.25, 0.3) is 22.6 Å². The quantitative estimate of drug-likeness (QED) is 0.784. The number of fused-ring (bicyclic) bond motifs is 1. The summed E-state index contributed by atoms with van der Waals surface area (Å²) in [5.41, 5.74) is 2.52. The number of H-pyrrole nitrogens is 1. The van der Waals surface area contributed by atoms with Gasteiger partial charge in [-0.25, -0.2) is 15.0 Å². The number of hydrogen-bond donors (Lipinski definition) is 1. The largest absolute Gasteiger partial charge is 0.355 e. The Morgan fingerprint density at radius 2 is 1.95 bits per heavy atom. The zero-order chi connectivity index (χ0) is 14.9. The monoisotopic (exact) mass is 313 g/mol. The SMILES string of the molecule is Clc1cccc(-c2nc(N3CCCCC3)c3[nH]cnc3n2)c1. The number of benzene rings is 1. The molecule has 1 aliphatic rings. The number of anilines is 1. The molecule has 1 fully saturated rings. The predicted molar refractivity (Wildman–Crippen MR) is 88.2 cm³/mol. The molecular weight excluding hydrogens is 298 g/mol. The lowest BCUT2D eigenvalue weighted by atomic mass is 10.1. The van der Waals surface area contributed by atoms with E-state index in [4.69, 9.17) is 16.6 Å². The molecule has 112 valence electrons. The van der Waals surface area contributed by atoms with Crippen LogP contribution >= 0.6 is 11.6 Å². The average Bonchev–Trinajstić information content (AvgIpc) is 3.03. The van der Waals surface area contributed by atoms with Crippen molar-refractivity contribution in [1.82, 2.24) is 19.9 Å². The molecule has 3 heterocycles. The van der Waals surface area contributed by atoms with E-state index >= 15 is 0 Å². The zero-order valence-electron chi connectivity index (χ0n) is 12.1. The molecule has 0 aliphatic carbocycles. The van der Waals surface area contributed by atoms with Crippen molar-refractivity contribution in [2.24, 2.45) is 0 Å². The number of piperidine rings is 1.